The summed E-state index contributed by atoms with van der Waals surface area (Å²) in [7, 11) is 0. The summed E-state index contributed by atoms with van der Waals surface area (Å²) in [5.74, 6) is -1.14. The summed E-state index contributed by atoms with van der Waals surface area (Å²) >= 11 is 0. The number of halogens is 3. The summed E-state index contributed by atoms with van der Waals surface area (Å²) in [6.45, 7) is 0.757. The van der Waals surface area contributed by atoms with E-state index in [-0.39, 0.29) is 31.2 Å². The summed E-state index contributed by atoms with van der Waals surface area (Å²) in [5.41, 5.74) is 7.45. The zero-order chi connectivity index (χ0) is 29.7. The summed E-state index contributed by atoms with van der Waals surface area (Å²) in [5, 5.41) is 5.15. The van der Waals surface area contributed by atoms with Crippen molar-refractivity contribution in [2.24, 2.45) is 11.7 Å². The van der Waals surface area contributed by atoms with Crippen LogP contribution in [0.25, 0.3) is 10.8 Å². The first-order valence-electron chi connectivity index (χ1n) is 14.8. The molecule has 5 rings (SSSR count). The average molecular weight is 582 g/mol. The van der Waals surface area contributed by atoms with Gasteiger partial charge in [-0.15, -0.1) is 0 Å². The lowest BCUT2D eigenvalue weighted by Crippen LogP contribution is -2.63. The van der Waals surface area contributed by atoms with Crippen LogP contribution in [-0.4, -0.2) is 47.6 Å². The number of hydrogen-bond donors (Lipinski definition) is 2. The Morgan fingerprint density at radius 3 is 2.40 bits per heavy atom. The van der Waals surface area contributed by atoms with Crippen LogP contribution in [0, 0.1) is 5.92 Å². The van der Waals surface area contributed by atoms with Crippen LogP contribution in [0.5, 0.6) is 5.75 Å². The second-order valence-corrected chi connectivity index (χ2v) is 11.5. The van der Waals surface area contributed by atoms with Gasteiger partial charge in [0.2, 0.25) is 11.8 Å². The van der Waals surface area contributed by atoms with Gasteiger partial charge in [0, 0.05) is 13.0 Å². The first-order chi connectivity index (χ1) is 20.2. The molecule has 42 heavy (non-hydrogen) atoms. The highest BCUT2D eigenvalue weighted by molar-refractivity contribution is 5.97. The number of carbonyl (C=O) groups excluding carboxylic acids is 2. The smallest absolute Gasteiger partial charge is 0.391 e. The molecule has 0 bridgehead atoms. The lowest BCUT2D eigenvalue weighted by Gasteiger charge is -2.39. The lowest BCUT2D eigenvalue weighted by atomic mass is 9.87. The van der Waals surface area contributed by atoms with Crippen molar-refractivity contribution < 1.29 is 27.5 Å². The van der Waals surface area contributed by atoms with Crippen LogP contribution in [0.3, 0.4) is 0 Å². The average Bonchev–Trinajstić information content (AvgIpc) is 2.97. The molecule has 0 radical (unpaired) electrons. The quantitative estimate of drug-likeness (QED) is 0.292. The van der Waals surface area contributed by atoms with Gasteiger partial charge in [-0.3, -0.25) is 9.59 Å². The van der Waals surface area contributed by atoms with E-state index in [0.29, 0.717) is 38.0 Å². The Bertz CT molecular complexity index is 1380. The van der Waals surface area contributed by atoms with Gasteiger partial charge < -0.3 is 20.7 Å². The maximum Gasteiger partial charge on any atom is 0.391 e. The zero-order valence-electron chi connectivity index (χ0n) is 23.6. The Labute approximate surface area is 244 Å². The van der Waals surface area contributed by atoms with Crippen LogP contribution in [0.2, 0.25) is 0 Å². The highest BCUT2D eigenvalue weighted by Crippen LogP contribution is 2.38. The van der Waals surface area contributed by atoms with Crippen molar-refractivity contribution >= 4 is 22.6 Å². The Hall–Kier alpha value is -3.59. The minimum Gasteiger partial charge on any atom is -0.490 e. The second-order valence-electron chi connectivity index (χ2n) is 11.5. The van der Waals surface area contributed by atoms with Crippen LogP contribution >= 0.6 is 0 Å². The number of hydrogen-bond acceptors (Lipinski definition) is 4. The van der Waals surface area contributed by atoms with Crippen LogP contribution < -0.4 is 15.8 Å². The SMILES string of the molecule is NCCCC[C@H]1C(=O)NC(Cc2ccc3ccccc3c2)C(=O)N1Cc1ccc(O[C@H]2CCCC(C(F)(F)F)C2)cc1. The van der Waals surface area contributed by atoms with Gasteiger partial charge in [-0.1, -0.05) is 54.6 Å². The predicted molar refractivity (Wildman–Crippen MR) is 156 cm³/mol. The van der Waals surface area contributed by atoms with Crippen molar-refractivity contribution in [3.05, 3.63) is 77.9 Å². The normalized spacial score (nSPS) is 23.2. The van der Waals surface area contributed by atoms with Gasteiger partial charge in [0.1, 0.15) is 17.8 Å². The van der Waals surface area contributed by atoms with E-state index in [1.54, 1.807) is 17.0 Å². The highest BCUT2D eigenvalue weighted by atomic mass is 19.4. The molecule has 1 aliphatic carbocycles. The van der Waals surface area contributed by atoms with Crippen molar-refractivity contribution in [1.82, 2.24) is 10.2 Å². The van der Waals surface area contributed by atoms with Crippen LogP contribution in [0.15, 0.2) is 66.7 Å². The molecule has 0 spiro atoms. The molecule has 9 heteroatoms. The van der Waals surface area contributed by atoms with Crippen LogP contribution in [-0.2, 0) is 22.6 Å². The summed E-state index contributed by atoms with van der Waals surface area (Å²) in [6, 6.07) is 19.9. The standard InChI is InChI=1S/C33H38F3N3O3/c34-33(35,36)26-8-5-9-28(20-26)42-27-15-12-22(13-16-27)21-39-30(10-3-4-17-37)31(40)38-29(32(39)41)19-23-11-14-24-6-1-2-7-25(24)18-23/h1-2,6-7,11-16,18,26,28-30H,3-5,8-10,17,19-21,37H2,(H,38,40)/t26?,28-,29?,30-/m0/s1. The van der Waals surface area contributed by atoms with Crippen LogP contribution in [0.1, 0.15) is 56.1 Å². The number of benzene rings is 3. The number of nitrogens with zero attached hydrogens (tertiary/aromatic N) is 1. The van der Waals surface area contributed by atoms with Gasteiger partial charge in [-0.2, -0.15) is 13.2 Å². The number of alkyl halides is 3. The van der Waals surface area contributed by atoms with E-state index >= 15 is 0 Å². The molecule has 2 fully saturated rings. The Morgan fingerprint density at radius 2 is 1.67 bits per heavy atom. The van der Waals surface area contributed by atoms with Crippen molar-refractivity contribution in [2.45, 2.75) is 82.3 Å². The van der Waals surface area contributed by atoms with E-state index in [4.69, 9.17) is 10.5 Å². The van der Waals surface area contributed by atoms with E-state index in [9.17, 15) is 22.8 Å². The Morgan fingerprint density at radius 1 is 0.929 bits per heavy atom. The van der Waals surface area contributed by atoms with E-state index in [1.165, 1.54) is 0 Å². The van der Waals surface area contributed by atoms with Crippen molar-refractivity contribution in [3.63, 3.8) is 0 Å². The molecular weight excluding hydrogens is 543 g/mol. The second kappa shape index (κ2) is 13.2. The molecule has 224 valence electrons. The number of unbranched alkanes of at least 4 members (excludes halogenated alkanes) is 1. The fourth-order valence-electron chi connectivity index (χ4n) is 6.13. The fourth-order valence-corrected chi connectivity index (χ4v) is 6.13. The maximum atomic E-state index is 13.8. The molecule has 3 aromatic rings. The fraction of sp³-hybridized carbons (Fsp3) is 0.455. The third-order valence-electron chi connectivity index (χ3n) is 8.43. The van der Waals surface area contributed by atoms with Crippen molar-refractivity contribution in [1.29, 1.82) is 0 Å². The van der Waals surface area contributed by atoms with E-state index in [1.807, 2.05) is 48.5 Å². The number of amides is 2. The number of piperazine rings is 1. The number of nitrogens with two attached hydrogens (primary N) is 1. The van der Waals surface area contributed by atoms with E-state index in [0.717, 1.165) is 34.7 Å². The molecule has 2 unspecified atom stereocenters. The van der Waals surface area contributed by atoms with Crippen molar-refractivity contribution in [2.75, 3.05) is 6.54 Å². The largest absolute Gasteiger partial charge is 0.490 e. The van der Waals surface area contributed by atoms with Gasteiger partial charge in [-0.05, 0) is 85.5 Å². The summed E-state index contributed by atoms with van der Waals surface area (Å²) < 4.78 is 45.5. The van der Waals surface area contributed by atoms with Gasteiger partial charge in [0.25, 0.3) is 0 Å². The van der Waals surface area contributed by atoms with Gasteiger partial charge >= 0.3 is 6.18 Å². The number of ether oxygens (including phenoxy) is 1. The zero-order valence-corrected chi connectivity index (χ0v) is 23.6. The molecular formula is C33H38F3N3O3. The number of rotatable bonds is 10. The predicted octanol–water partition coefficient (Wildman–Crippen LogP) is 5.91. The molecule has 1 saturated heterocycles. The number of fused-ring (bicyclic) bond motifs is 1. The molecule has 2 aliphatic rings. The maximum absolute atomic E-state index is 13.8. The molecule has 1 saturated carbocycles. The van der Waals surface area contributed by atoms with Crippen molar-refractivity contribution in [3.8, 4) is 5.75 Å². The third kappa shape index (κ3) is 7.24. The van der Waals surface area contributed by atoms with E-state index in [2.05, 4.69) is 11.4 Å². The van der Waals surface area contributed by atoms with Gasteiger partial charge in [-0.25, -0.2) is 0 Å². The topological polar surface area (TPSA) is 84.7 Å². The lowest BCUT2D eigenvalue weighted by molar-refractivity contribution is -0.188. The molecule has 2 amide bonds. The first-order valence-corrected chi connectivity index (χ1v) is 14.8. The van der Waals surface area contributed by atoms with Gasteiger partial charge in [0.05, 0.1) is 12.0 Å². The monoisotopic (exact) mass is 581 g/mol. The Balaban J connectivity index is 1.28. The third-order valence-corrected chi connectivity index (χ3v) is 8.43. The number of carbonyl (C=O) groups is 2. The first kappa shape index (κ1) is 29.9. The minimum absolute atomic E-state index is 0.0360. The molecule has 4 atom stereocenters. The molecule has 6 nitrogen and oxygen atoms in total. The molecule has 0 aromatic heterocycles. The molecule has 3 N–H and O–H groups in total. The molecule has 1 aliphatic heterocycles. The summed E-state index contributed by atoms with van der Waals surface area (Å²) in [4.78, 5) is 28.7. The number of nitrogens with one attached hydrogen (secondary N) is 1. The Kier molecular flexibility index (Phi) is 9.36. The van der Waals surface area contributed by atoms with Gasteiger partial charge in [0.15, 0.2) is 0 Å². The summed E-state index contributed by atoms with van der Waals surface area (Å²) in [6.07, 6.45) is -1.12. The molecule has 3 aromatic carbocycles. The van der Waals surface area contributed by atoms with Crippen LogP contribution in [0.4, 0.5) is 13.2 Å². The molecule has 1 heterocycles. The minimum atomic E-state index is -4.20. The van der Waals surface area contributed by atoms with E-state index < -0.39 is 30.3 Å². The highest BCUT2D eigenvalue weighted by Gasteiger charge is 2.43.